The van der Waals surface area contributed by atoms with Crippen molar-refractivity contribution in [1.82, 2.24) is 9.97 Å². The van der Waals surface area contributed by atoms with Crippen molar-refractivity contribution < 1.29 is 24.5 Å². The van der Waals surface area contributed by atoms with Gasteiger partial charge < -0.3 is 14.4 Å². The van der Waals surface area contributed by atoms with Crippen LogP contribution in [0, 0.1) is 18.1 Å². The monoisotopic (exact) mass is 925 g/mol. The molecule has 1 fully saturated rings. The van der Waals surface area contributed by atoms with Gasteiger partial charge in [0.1, 0.15) is 5.58 Å². The molecule has 5 aromatic carbocycles. The second kappa shape index (κ2) is 17.5. The maximum atomic E-state index is 6.41. The molecule has 3 aromatic heterocycles. The fraction of sp³-hybridized carbons (Fsp3) is 0.216. The summed E-state index contributed by atoms with van der Waals surface area (Å²) in [5, 5.41) is 3.75. The van der Waals surface area contributed by atoms with Crippen molar-refractivity contribution in [3.8, 4) is 33.6 Å². The summed E-state index contributed by atoms with van der Waals surface area (Å²) in [4.78, 5) is 9.45. The standard InChI is InChI=1S/C31H22NO.C20H26NSi.Ir/c1-21(22-10-4-2-5-11-22)24-18-19-32-28(20-24)26-15-8-16-27-30-25(23-12-6-3-7-13-23)14-9-17-29(30)33-31(26)27;1-22(2,3)20-15-21-19(17-11-5-4-6-12-17)14-18(20)13-16-9-7-8-10-16;/h2-14,16-21H,1H3;4-6,11,14-16H,7-10,13H2,1-3H3;/q2*-1;. The molecule has 1 aliphatic carbocycles. The summed E-state index contributed by atoms with van der Waals surface area (Å²) in [6.07, 6.45) is 10.9. The van der Waals surface area contributed by atoms with E-state index in [0.717, 1.165) is 50.4 Å². The van der Waals surface area contributed by atoms with Gasteiger partial charge in [-0.25, -0.2) is 0 Å². The Morgan fingerprint density at radius 3 is 2.21 bits per heavy atom. The van der Waals surface area contributed by atoms with Gasteiger partial charge in [0.05, 0.1) is 13.7 Å². The van der Waals surface area contributed by atoms with E-state index >= 15 is 0 Å². The van der Waals surface area contributed by atoms with E-state index in [-0.39, 0.29) is 26.0 Å². The predicted octanol–water partition coefficient (Wildman–Crippen LogP) is 13.1. The molecule has 1 atom stereocenters. The van der Waals surface area contributed by atoms with Crippen molar-refractivity contribution in [2.45, 2.75) is 64.6 Å². The van der Waals surface area contributed by atoms with Gasteiger partial charge in [-0.05, 0) is 63.3 Å². The fourth-order valence-electron chi connectivity index (χ4n) is 8.19. The number of hydrogen-bond acceptors (Lipinski definition) is 3. The molecule has 56 heavy (non-hydrogen) atoms. The van der Waals surface area contributed by atoms with Crippen LogP contribution in [0.4, 0.5) is 0 Å². The van der Waals surface area contributed by atoms with Gasteiger partial charge >= 0.3 is 0 Å². The molecule has 0 amide bonds. The number of aromatic nitrogens is 2. The molecule has 1 saturated carbocycles. The molecule has 0 N–H and O–H groups in total. The number of furan rings is 1. The quantitative estimate of drug-likeness (QED) is 0.113. The molecule has 8 aromatic rings. The summed E-state index contributed by atoms with van der Waals surface area (Å²) in [6.45, 7) is 9.51. The molecule has 0 aliphatic heterocycles. The third-order valence-corrected chi connectivity index (χ3v) is 13.2. The van der Waals surface area contributed by atoms with Gasteiger partial charge in [0, 0.05) is 43.8 Å². The number of fused-ring (bicyclic) bond motifs is 3. The molecular formula is C51H48IrN2OSi-2. The maximum absolute atomic E-state index is 6.41. The van der Waals surface area contributed by atoms with Gasteiger partial charge in [0.25, 0.3) is 0 Å². The van der Waals surface area contributed by atoms with E-state index < -0.39 is 8.07 Å². The van der Waals surface area contributed by atoms with Gasteiger partial charge in [-0.1, -0.05) is 154 Å². The summed E-state index contributed by atoms with van der Waals surface area (Å²) in [5.41, 5.74) is 12.1. The van der Waals surface area contributed by atoms with Crippen LogP contribution in [0.2, 0.25) is 19.6 Å². The van der Waals surface area contributed by atoms with E-state index in [4.69, 9.17) is 14.4 Å². The molecule has 0 spiro atoms. The Balaban J connectivity index is 0.000000183. The zero-order chi connectivity index (χ0) is 37.8. The Bertz CT molecular complexity index is 2520. The first-order valence-electron chi connectivity index (χ1n) is 19.7. The van der Waals surface area contributed by atoms with Gasteiger partial charge in [0.2, 0.25) is 0 Å². The molecule has 5 heteroatoms. The first-order valence-corrected chi connectivity index (χ1v) is 23.2. The zero-order valence-electron chi connectivity index (χ0n) is 32.7. The first-order chi connectivity index (χ1) is 26.8. The van der Waals surface area contributed by atoms with Crippen molar-refractivity contribution in [3.63, 3.8) is 0 Å². The van der Waals surface area contributed by atoms with Crippen LogP contribution in [0.25, 0.3) is 55.6 Å². The molecule has 1 radical (unpaired) electrons. The maximum Gasteiger partial charge on any atom is 0.121 e. The number of benzene rings is 5. The Morgan fingerprint density at radius 1 is 0.732 bits per heavy atom. The summed E-state index contributed by atoms with van der Waals surface area (Å²) >= 11 is 0. The van der Waals surface area contributed by atoms with Crippen molar-refractivity contribution in [2.75, 3.05) is 0 Å². The number of rotatable bonds is 8. The second-order valence-corrected chi connectivity index (χ2v) is 21.0. The number of pyridine rings is 2. The van der Waals surface area contributed by atoms with Crippen molar-refractivity contribution in [1.29, 1.82) is 0 Å². The molecule has 3 nitrogen and oxygen atoms in total. The van der Waals surface area contributed by atoms with Gasteiger partial charge in [-0.3, -0.25) is 0 Å². The SMILES string of the molecule is CC(c1ccccc1)c1ccnc(-c2[c-]ccc3c2oc2cccc(-c4ccccc4)c23)c1.C[Si](C)(C)c1cnc(-c2[c-]cccc2)cc1CC1CCCC1.[Ir]. The average Bonchev–Trinajstić information content (AvgIpc) is 3.89. The van der Waals surface area contributed by atoms with Crippen LogP contribution in [-0.2, 0) is 26.5 Å². The molecular weight excluding hydrogens is 877 g/mol. The van der Waals surface area contributed by atoms with Crippen molar-refractivity contribution in [2.24, 2.45) is 5.92 Å². The first kappa shape index (κ1) is 39.3. The van der Waals surface area contributed by atoms with Crippen LogP contribution in [0.15, 0.2) is 150 Å². The van der Waals surface area contributed by atoms with E-state index in [1.807, 2.05) is 36.5 Å². The van der Waals surface area contributed by atoms with Gasteiger partial charge in [-0.2, -0.15) is 0 Å². The number of hydrogen-bond donors (Lipinski definition) is 0. The third-order valence-electron chi connectivity index (χ3n) is 11.1. The minimum Gasteiger partial charge on any atom is -0.501 e. The van der Waals surface area contributed by atoms with Crippen LogP contribution in [0.1, 0.15) is 55.2 Å². The Kier molecular flexibility index (Phi) is 12.3. The van der Waals surface area contributed by atoms with E-state index in [1.165, 1.54) is 54.4 Å². The Hall–Kier alpha value is -4.93. The largest absolute Gasteiger partial charge is 0.501 e. The van der Waals surface area contributed by atoms with Crippen molar-refractivity contribution >= 4 is 35.2 Å². The molecule has 1 unspecified atom stereocenters. The van der Waals surface area contributed by atoms with E-state index in [2.05, 4.69) is 148 Å². The van der Waals surface area contributed by atoms with Crippen LogP contribution < -0.4 is 5.19 Å². The molecule has 1 aliphatic rings. The van der Waals surface area contributed by atoms with Gasteiger partial charge in [0.15, 0.2) is 0 Å². The van der Waals surface area contributed by atoms with E-state index in [0.29, 0.717) is 0 Å². The second-order valence-electron chi connectivity index (χ2n) is 16.0. The topological polar surface area (TPSA) is 38.9 Å². The minimum absolute atomic E-state index is 0. The van der Waals surface area contributed by atoms with Crippen LogP contribution in [-0.4, -0.2) is 18.0 Å². The van der Waals surface area contributed by atoms with Gasteiger partial charge in [-0.15, -0.1) is 54.1 Å². The normalized spacial score (nSPS) is 13.6. The summed E-state index contributed by atoms with van der Waals surface area (Å²) in [6, 6.07) is 52.8. The molecule has 283 valence electrons. The molecule has 3 heterocycles. The van der Waals surface area contributed by atoms with E-state index in [1.54, 1.807) is 10.8 Å². The minimum atomic E-state index is -1.35. The zero-order valence-corrected chi connectivity index (χ0v) is 36.1. The van der Waals surface area contributed by atoms with Crippen LogP contribution in [0.5, 0.6) is 0 Å². The summed E-state index contributed by atoms with van der Waals surface area (Å²) in [7, 11) is -1.35. The Labute approximate surface area is 346 Å². The fourth-order valence-corrected chi connectivity index (χ4v) is 9.78. The predicted molar refractivity (Wildman–Crippen MR) is 232 cm³/mol. The van der Waals surface area contributed by atoms with E-state index in [9.17, 15) is 0 Å². The smallest absolute Gasteiger partial charge is 0.121 e. The summed E-state index contributed by atoms with van der Waals surface area (Å²) < 4.78 is 6.41. The Morgan fingerprint density at radius 2 is 1.48 bits per heavy atom. The third kappa shape index (κ3) is 8.56. The summed E-state index contributed by atoms with van der Waals surface area (Å²) in [5.74, 6) is 1.15. The van der Waals surface area contributed by atoms with Crippen LogP contribution in [0.3, 0.4) is 0 Å². The molecule has 0 bridgehead atoms. The average molecular weight is 925 g/mol. The number of nitrogens with zero attached hydrogens (tertiary/aromatic N) is 2. The van der Waals surface area contributed by atoms with Crippen molar-refractivity contribution in [3.05, 3.63) is 175 Å². The molecule has 9 rings (SSSR count). The van der Waals surface area contributed by atoms with Crippen LogP contribution >= 0.6 is 0 Å². The molecule has 0 saturated heterocycles.